The number of phenols is 1. The Labute approximate surface area is 201 Å². The van der Waals surface area contributed by atoms with Crippen molar-refractivity contribution < 1.29 is 19.4 Å². The van der Waals surface area contributed by atoms with E-state index in [1.165, 1.54) is 0 Å². The third-order valence-corrected chi connectivity index (χ3v) is 5.41. The number of rotatable bonds is 9. The number of nitrogens with zero attached hydrogens (tertiary/aromatic N) is 1. The quantitative estimate of drug-likeness (QED) is 0.252. The number of anilines is 2. The van der Waals surface area contributed by atoms with Gasteiger partial charge in [-0.05, 0) is 53.6 Å². The number of benzene rings is 3. The lowest BCUT2D eigenvalue weighted by atomic mass is 10.1. The summed E-state index contributed by atoms with van der Waals surface area (Å²) >= 11 is 0. The van der Waals surface area contributed by atoms with E-state index in [4.69, 9.17) is 10.5 Å². The molecule has 0 bridgehead atoms. The maximum Gasteiger partial charge on any atom is 0.255 e. The van der Waals surface area contributed by atoms with E-state index < -0.39 is 5.91 Å². The van der Waals surface area contributed by atoms with Crippen LogP contribution in [0, 0.1) is 0 Å². The summed E-state index contributed by atoms with van der Waals surface area (Å²) in [6.07, 6.45) is 0.399. The molecule has 0 unspecified atom stereocenters. The molecule has 0 radical (unpaired) electrons. The summed E-state index contributed by atoms with van der Waals surface area (Å²) in [6.45, 7) is 0.409. The molecule has 0 fully saturated rings. The van der Waals surface area contributed by atoms with Crippen molar-refractivity contribution in [1.29, 1.82) is 0 Å². The molecule has 0 atom stereocenters. The average Bonchev–Trinajstić information content (AvgIpc) is 3.27. The topological polar surface area (TPSA) is 142 Å². The van der Waals surface area contributed by atoms with Crippen LogP contribution >= 0.6 is 0 Å². The van der Waals surface area contributed by atoms with Crippen LogP contribution in [-0.4, -0.2) is 34.2 Å². The van der Waals surface area contributed by atoms with Crippen molar-refractivity contribution in [2.24, 2.45) is 5.73 Å². The lowest BCUT2D eigenvalue weighted by Gasteiger charge is -2.08. The van der Waals surface area contributed by atoms with E-state index in [0.717, 1.165) is 11.1 Å². The molecule has 0 aliphatic rings. The zero-order chi connectivity index (χ0) is 24.8. The number of aromatic hydroxyl groups is 1. The van der Waals surface area contributed by atoms with Crippen LogP contribution in [0.25, 0.3) is 0 Å². The number of nitrogens with two attached hydrogens (primary N) is 1. The van der Waals surface area contributed by atoms with Crippen LogP contribution in [0.2, 0.25) is 0 Å². The number of carbonyl (C=O) groups excluding carboxylic acids is 2. The Morgan fingerprint density at radius 1 is 1.03 bits per heavy atom. The summed E-state index contributed by atoms with van der Waals surface area (Å²) in [5.41, 5.74) is 9.44. The van der Waals surface area contributed by atoms with E-state index in [0.29, 0.717) is 47.0 Å². The van der Waals surface area contributed by atoms with Crippen molar-refractivity contribution in [2.45, 2.75) is 13.0 Å². The van der Waals surface area contributed by atoms with Gasteiger partial charge in [0, 0.05) is 24.2 Å². The number of primary amides is 1. The number of amides is 2. The van der Waals surface area contributed by atoms with Gasteiger partial charge in [-0.15, -0.1) is 0 Å². The number of nitrogens with one attached hydrogen (secondary N) is 3. The molecular formula is C26H25N5O4. The van der Waals surface area contributed by atoms with Crippen LogP contribution < -0.4 is 21.1 Å². The Balaban J connectivity index is 1.42. The number of aromatic nitrogens is 2. The van der Waals surface area contributed by atoms with Gasteiger partial charge in [-0.2, -0.15) is 5.10 Å². The summed E-state index contributed by atoms with van der Waals surface area (Å²) in [5, 5.41) is 22.5. The molecule has 9 heteroatoms. The highest BCUT2D eigenvalue weighted by Crippen LogP contribution is 2.22. The van der Waals surface area contributed by atoms with Crippen molar-refractivity contribution in [1.82, 2.24) is 10.2 Å². The maximum atomic E-state index is 12.5. The summed E-state index contributed by atoms with van der Waals surface area (Å²) in [5.74, 6) is 0.312. The molecule has 0 aliphatic heterocycles. The van der Waals surface area contributed by atoms with Crippen molar-refractivity contribution in [3.63, 3.8) is 0 Å². The Hall–Kier alpha value is -4.79. The second-order valence-corrected chi connectivity index (χ2v) is 7.87. The fraction of sp³-hybridized carbons (Fsp3) is 0.115. The zero-order valence-electron chi connectivity index (χ0n) is 19.0. The molecule has 3 aromatic carbocycles. The Bertz CT molecular complexity index is 1330. The first-order chi connectivity index (χ1) is 16.9. The van der Waals surface area contributed by atoms with Gasteiger partial charge in [0.05, 0.1) is 12.8 Å². The number of carbonyl (C=O) groups is 2. The molecule has 4 rings (SSSR count). The fourth-order valence-corrected chi connectivity index (χ4v) is 3.58. The van der Waals surface area contributed by atoms with E-state index in [2.05, 4.69) is 20.8 Å². The Kier molecular flexibility index (Phi) is 6.96. The normalized spacial score (nSPS) is 10.5. The first kappa shape index (κ1) is 23.4. The minimum atomic E-state index is -0.593. The van der Waals surface area contributed by atoms with Gasteiger partial charge in [-0.3, -0.25) is 14.7 Å². The van der Waals surface area contributed by atoms with Crippen molar-refractivity contribution in [2.75, 3.05) is 17.7 Å². The molecule has 4 aromatic rings. The summed E-state index contributed by atoms with van der Waals surface area (Å²) in [6, 6.07) is 20.9. The molecule has 6 N–H and O–H groups in total. The number of phenolic OH excluding ortho intramolecular Hbond substituents is 1. The number of methoxy groups -OCH3 is 1. The largest absolute Gasteiger partial charge is 0.508 e. The number of aromatic amines is 1. The highest BCUT2D eigenvalue weighted by atomic mass is 16.5. The molecular weight excluding hydrogens is 446 g/mol. The van der Waals surface area contributed by atoms with Gasteiger partial charge in [0.15, 0.2) is 5.82 Å². The Morgan fingerprint density at radius 2 is 1.74 bits per heavy atom. The number of hydrogen-bond acceptors (Lipinski definition) is 6. The summed E-state index contributed by atoms with van der Waals surface area (Å²) in [4.78, 5) is 24.6. The highest BCUT2D eigenvalue weighted by molar-refractivity contribution is 6.04. The first-order valence-electron chi connectivity index (χ1n) is 10.9. The lowest BCUT2D eigenvalue weighted by molar-refractivity contribution is 0.0997. The van der Waals surface area contributed by atoms with Crippen molar-refractivity contribution in [3.8, 4) is 11.5 Å². The summed E-state index contributed by atoms with van der Waals surface area (Å²) < 4.78 is 5.16. The summed E-state index contributed by atoms with van der Waals surface area (Å²) in [7, 11) is 1.55. The standard InChI is InChI=1S/C26H25N5O4/c1-35-21-4-2-3-18(14-21)26(34)29-19-9-5-16(6-10-19)13-22-23(24(27)33)25(31-30-22)28-15-17-7-11-20(32)12-8-17/h2-12,14,32H,13,15H2,1H3,(H2,27,33)(H,29,34)(H2,28,30,31). The number of H-pyrrole nitrogens is 1. The molecule has 1 aromatic heterocycles. The van der Waals surface area contributed by atoms with Crippen LogP contribution in [-0.2, 0) is 13.0 Å². The first-order valence-corrected chi connectivity index (χ1v) is 10.9. The van der Waals surface area contributed by atoms with Crippen LogP contribution in [0.3, 0.4) is 0 Å². The van der Waals surface area contributed by atoms with Gasteiger partial charge in [0.2, 0.25) is 0 Å². The van der Waals surface area contributed by atoms with E-state index >= 15 is 0 Å². The molecule has 2 amide bonds. The molecule has 35 heavy (non-hydrogen) atoms. The van der Waals surface area contributed by atoms with Gasteiger partial charge in [0.1, 0.15) is 17.1 Å². The second kappa shape index (κ2) is 10.4. The van der Waals surface area contributed by atoms with Crippen LogP contribution in [0.4, 0.5) is 11.5 Å². The van der Waals surface area contributed by atoms with Gasteiger partial charge in [0.25, 0.3) is 11.8 Å². The second-order valence-electron chi connectivity index (χ2n) is 7.87. The van der Waals surface area contributed by atoms with E-state index in [9.17, 15) is 14.7 Å². The van der Waals surface area contributed by atoms with Crippen molar-refractivity contribution >= 4 is 23.3 Å². The van der Waals surface area contributed by atoms with Gasteiger partial charge in [-0.1, -0.05) is 30.3 Å². The molecule has 1 heterocycles. The van der Waals surface area contributed by atoms with Gasteiger partial charge < -0.3 is 26.2 Å². The zero-order valence-corrected chi connectivity index (χ0v) is 19.0. The predicted octanol–water partition coefficient (Wildman–Crippen LogP) is 3.68. The van der Waals surface area contributed by atoms with Crippen LogP contribution in [0.1, 0.15) is 37.5 Å². The lowest BCUT2D eigenvalue weighted by Crippen LogP contribution is -2.15. The average molecular weight is 472 g/mol. The molecule has 178 valence electrons. The van der Waals surface area contributed by atoms with E-state index in [1.807, 2.05) is 12.1 Å². The van der Waals surface area contributed by atoms with Gasteiger partial charge in [-0.25, -0.2) is 0 Å². The van der Waals surface area contributed by atoms with Crippen molar-refractivity contribution in [3.05, 3.63) is 101 Å². The maximum absolute atomic E-state index is 12.5. The smallest absolute Gasteiger partial charge is 0.255 e. The third-order valence-electron chi connectivity index (χ3n) is 5.41. The molecule has 0 spiro atoms. The van der Waals surface area contributed by atoms with Crippen LogP contribution in [0.5, 0.6) is 11.5 Å². The minimum Gasteiger partial charge on any atom is -0.508 e. The Morgan fingerprint density at radius 3 is 2.43 bits per heavy atom. The predicted molar refractivity (Wildman–Crippen MR) is 133 cm³/mol. The molecule has 0 aliphatic carbocycles. The third kappa shape index (κ3) is 5.77. The minimum absolute atomic E-state index is 0.180. The monoisotopic (exact) mass is 471 g/mol. The number of hydrogen-bond donors (Lipinski definition) is 5. The van der Waals surface area contributed by atoms with Gasteiger partial charge >= 0.3 is 0 Å². The SMILES string of the molecule is COc1cccc(C(=O)Nc2ccc(Cc3[nH]nc(NCc4ccc(O)cc4)c3C(N)=O)cc2)c1. The van der Waals surface area contributed by atoms with Crippen LogP contribution in [0.15, 0.2) is 72.8 Å². The number of ether oxygens (including phenoxy) is 1. The van der Waals surface area contributed by atoms with E-state index in [1.54, 1.807) is 67.8 Å². The highest BCUT2D eigenvalue weighted by Gasteiger charge is 2.18. The van der Waals surface area contributed by atoms with E-state index in [-0.39, 0.29) is 11.7 Å². The molecule has 0 saturated carbocycles. The molecule has 0 saturated heterocycles. The fourth-order valence-electron chi connectivity index (χ4n) is 3.58. The molecule has 9 nitrogen and oxygen atoms in total.